The number of aromatic nitrogens is 1. The molecular formula is C14H22N2O2. The third-order valence-corrected chi connectivity index (χ3v) is 2.57. The quantitative estimate of drug-likeness (QED) is 0.858. The molecule has 0 aliphatic rings. The van der Waals surface area contributed by atoms with Crippen molar-refractivity contribution in [3.8, 4) is 0 Å². The van der Waals surface area contributed by atoms with Gasteiger partial charge in [-0.2, -0.15) is 0 Å². The van der Waals surface area contributed by atoms with Crippen LogP contribution in [0.25, 0.3) is 0 Å². The van der Waals surface area contributed by atoms with Gasteiger partial charge in [-0.3, -0.25) is 9.78 Å². The molecule has 0 aliphatic heterocycles. The molecule has 1 aromatic heterocycles. The van der Waals surface area contributed by atoms with Crippen molar-refractivity contribution in [1.82, 2.24) is 10.3 Å². The number of carbonyl (C=O) groups excluding carboxylic acids is 1. The fourth-order valence-electron chi connectivity index (χ4n) is 1.80. The summed E-state index contributed by atoms with van der Waals surface area (Å²) in [5.41, 5.74) is 1.30. The molecule has 100 valence electrons. The van der Waals surface area contributed by atoms with Crippen molar-refractivity contribution >= 4 is 5.91 Å². The van der Waals surface area contributed by atoms with Crippen LogP contribution in [0.1, 0.15) is 43.2 Å². The van der Waals surface area contributed by atoms with Crippen molar-refractivity contribution < 1.29 is 9.90 Å². The summed E-state index contributed by atoms with van der Waals surface area (Å²) in [6.07, 6.45) is 1.71. The summed E-state index contributed by atoms with van der Waals surface area (Å²) in [7, 11) is 0. The van der Waals surface area contributed by atoms with Crippen molar-refractivity contribution in [1.29, 1.82) is 0 Å². The van der Waals surface area contributed by atoms with E-state index in [2.05, 4.69) is 31.1 Å². The molecule has 1 amide bonds. The average Bonchev–Trinajstić information content (AvgIpc) is 2.24. The van der Waals surface area contributed by atoms with Crippen LogP contribution in [-0.4, -0.2) is 28.6 Å². The molecule has 1 aromatic rings. The SMILES string of the molecule is Cc1cccnc1C(=O)NCC(O)CC(C)(C)C. The first-order chi connectivity index (χ1) is 8.29. The van der Waals surface area contributed by atoms with Crippen molar-refractivity contribution in [2.24, 2.45) is 5.41 Å². The first-order valence-electron chi connectivity index (χ1n) is 6.17. The maximum atomic E-state index is 11.9. The van der Waals surface area contributed by atoms with Crippen LogP contribution in [0, 0.1) is 12.3 Å². The Bertz CT molecular complexity index is 411. The first-order valence-corrected chi connectivity index (χ1v) is 6.17. The van der Waals surface area contributed by atoms with E-state index in [0.29, 0.717) is 12.1 Å². The molecule has 0 saturated carbocycles. The second kappa shape index (κ2) is 5.96. The molecule has 0 saturated heterocycles. The number of hydrogen-bond acceptors (Lipinski definition) is 3. The van der Waals surface area contributed by atoms with Gasteiger partial charge in [0.2, 0.25) is 0 Å². The number of carbonyl (C=O) groups is 1. The van der Waals surface area contributed by atoms with Gasteiger partial charge < -0.3 is 10.4 Å². The molecule has 2 N–H and O–H groups in total. The standard InChI is InChI=1S/C14H22N2O2/c1-10-6-5-7-15-12(10)13(18)16-9-11(17)8-14(2,3)4/h5-7,11,17H,8-9H2,1-4H3,(H,16,18). The van der Waals surface area contributed by atoms with Gasteiger partial charge in [0, 0.05) is 12.7 Å². The molecule has 0 bridgehead atoms. The fourth-order valence-corrected chi connectivity index (χ4v) is 1.80. The Labute approximate surface area is 108 Å². The lowest BCUT2D eigenvalue weighted by molar-refractivity contribution is 0.0863. The minimum Gasteiger partial charge on any atom is -0.391 e. The summed E-state index contributed by atoms with van der Waals surface area (Å²) < 4.78 is 0. The predicted octanol–water partition coefficient (Wildman–Crippen LogP) is 1.92. The Balaban J connectivity index is 2.50. The Hall–Kier alpha value is -1.42. The highest BCUT2D eigenvalue weighted by atomic mass is 16.3. The highest BCUT2D eigenvalue weighted by Crippen LogP contribution is 2.20. The van der Waals surface area contributed by atoms with Gasteiger partial charge in [-0.1, -0.05) is 26.8 Å². The second-order valence-corrected chi connectivity index (χ2v) is 5.80. The normalized spacial score (nSPS) is 13.2. The van der Waals surface area contributed by atoms with Crippen molar-refractivity contribution in [3.63, 3.8) is 0 Å². The zero-order chi connectivity index (χ0) is 13.8. The van der Waals surface area contributed by atoms with Crippen molar-refractivity contribution in [2.45, 2.75) is 40.2 Å². The Morgan fingerprint density at radius 3 is 2.72 bits per heavy atom. The van der Waals surface area contributed by atoms with Gasteiger partial charge in [0.05, 0.1) is 6.10 Å². The Morgan fingerprint density at radius 1 is 1.50 bits per heavy atom. The monoisotopic (exact) mass is 250 g/mol. The summed E-state index contributed by atoms with van der Waals surface area (Å²) in [6.45, 7) is 8.27. The number of pyridine rings is 1. The molecule has 1 rings (SSSR count). The van der Waals surface area contributed by atoms with Gasteiger partial charge in [-0.15, -0.1) is 0 Å². The van der Waals surface area contributed by atoms with E-state index in [1.807, 2.05) is 13.0 Å². The maximum absolute atomic E-state index is 11.9. The molecule has 0 aliphatic carbocycles. The van der Waals surface area contributed by atoms with Gasteiger partial charge in [0.1, 0.15) is 5.69 Å². The number of aryl methyl sites for hydroxylation is 1. The van der Waals surface area contributed by atoms with E-state index in [-0.39, 0.29) is 17.9 Å². The minimum atomic E-state index is -0.530. The highest BCUT2D eigenvalue weighted by molar-refractivity contribution is 5.93. The van der Waals surface area contributed by atoms with Crippen LogP contribution in [0.4, 0.5) is 0 Å². The van der Waals surface area contributed by atoms with E-state index in [1.54, 1.807) is 12.3 Å². The summed E-state index contributed by atoms with van der Waals surface area (Å²) in [5.74, 6) is -0.235. The third kappa shape index (κ3) is 4.84. The Kier molecular flexibility index (Phi) is 4.84. The summed E-state index contributed by atoms with van der Waals surface area (Å²) in [6, 6.07) is 3.63. The van der Waals surface area contributed by atoms with Crippen LogP contribution >= 0.6 is 0 Å². The van der Waals surface area contributed by atoms with Crippen LogP contribution in [0.2, 0.25) is 0 Å². The molecule has 0 spiro atoms. The molecule has 0 aromatic carbocycles. The molecule has 1 atom stereocenters. The number of nitrogens with one attached hydrogen (secondary N) is 1. The molecular weight excluding hydrogens is 228 g/mol. The minimum absolute atomic E-state index is 0.0467. The number of rotatable bonds is 4. The van der Waals surface area contributed by atoms with Crippen LogP contribution in [-0.2, 0) is 0 Å². The summed E-state index contributed by atoms with van der Waals surface area (Å²) in [4.78, 5) is 15.9. The fraction of sp³-hybridized carbons (Fsp3) is 0.571. The van der Waals surface area contributed by atoms with Crippen LogP contribution < -0.4 is 5.32 Å². The van der Waals surface area contributed by atoms with Gasteiger partial charge >= 0.3 is 0 Å². The highest BCUT2D eigenvalue weighted by Gasteiger charge is 2.18. The molecule has 4 heteroatoms. The Morgan fingerprint density at radius 2 is 2.17 bits per heavy atom. The molecule has 1 heterocycles. The summed E-state index contributed by atoms with van der Waals surface area (Å²) >= 11 is 0. The van der Waals surface area contributed by atoms with Crippen molar-refractivity contribution in [2.75, 3.05) is 6.54 Å². The number of aliphatic hydroxyl groups is 1. The van der Waals surface area contributed by atoms with E-state index in [4.69, 9.17) is 0 Å². The molecule has 4 nitrogen and oxygen atoms in total. The number of amides is 1. The van der Waals surface area contributed by atoms with E-state index >= 15 is 0 Å². The topological polar surface area (TPSA) is 62.2 Å². The van der Waals surface area contributed by atoms with E-state index < -0.39 is 6.10 Å². The average molecular weight is 250 g/mol. The smallest absolute Gasteiger partial charge is 0.270 e. The maximum Gasteiger partial charge on any atom is 0.270 e. The first kappa shape index (κ1) is 14.6. The zero-order valence-corrected chi connectivity index (χ0v) is 11.5. The molecule has 1 unspecified atom stereocenters. The lowest BCUT2D eigenvalue weighted by atomic mass is 9.89. The second-order valence-electron chi connectivity index (χ2n) is 5.80. The number of nitrogens with zero attached hydrogens (tertiary/aromatic N) is 1. The van der Waals surface area contributed by atoms with Gasteiger partial charge in [-0.25, -0.2) is 0 Å². The van der Waals surface area contributed by atoms with Gasteiger partial charge in [0.15, 0.2) is 0 Å². The molecule has 0 radical (unpaired) electrons. The van der Waals surface area contributed by atoms with E-state index in [1.165, 1.54) is 0 Å². The summed E-state index contributed by atoms with van der Waals surface area (Å²) in [5, 5.41) is 12.5. The zero-order valence-electron chi connectivity index (χ0n) is 11.5. The third-order valence-electron chi connectivity index (χ3n) is 2.57. The van der Waals surface area contributed by atoms with E-state index in [0.717, 1.165) is 5.56 Å². The van der Waals surface area contributed by atoms with Crippen LogP contribution in [0.5, 0.6) is 0 Å². The molecule has 18 heavy (non-hydrogen) atoms. The predicted molar refractivity (Wildman–Crippen MR) is 71.4 cm³/mol. The number of hydrogen-bond donors (Lipinski definition) is 2. The lowest BCUT2D eigenvalue weighted by Crippen LogP contribution is -2.34. The largest absolute Gasteiger partial charge is 0.391 e. The van der Waals surface area contributed by atoms with E-state index in [9.17, 15) is 9.90 Å². The number of aliphatic hydroxyl groups excluding tert-OH is 1. The van der Waals surface area contributed by atoms with Gasteiger partial charge in [-0.05, 0) is 30.4 Å². The van der Waals surface area contributed by atoms with Crippen LogP contribution in [0.3, 0.4) is 0 Å². The van der Waals surface area contributed by atoms with Gasteiger partial charge in [0.25, 0.3) is 5.91 Å². The lowest BCUT2D eigenvalue weighted by Gasteiger charge is -2.22. The van der Waals surface area contributed by atoms with Crippen LogP contribution in [0.15, 0.2) is 18.3 Å². The molecule has 0 fully saturated rings. The van der Waals surface area contributed by atoms with Crippen molar-refractivity contribution in [3.05, 3.63) is 29.6 Å².